The van der Waals surface area contributed by atoms with E-state index in [1.807, 2.05) is 42.9 Å². The summed E-state index contributed by atoms with van der Waals surface area (Å²) in [5.74, 6) is 0.827. The van der Waals surface area contributed by atoms with Crippen LogP contribution in [-0.2, 0) is 13.5 Å². The maximum absolute atomic E-state index is 6.28. The van der Waals surface area contributed by atoms with Gasteiger partial charge in [0.2, 0.25) is 0 Å². The molecule has 0 aliphatic rings. The van der Waals surface area contributed by atoms with Crippen LogP contribution in [0.1, 0.15) is 23.0 Å². The van der Waals surface area contributed by atoms with E-state index in [1.165, 1.54) is 0 Å². The van der Waals surface area contributed by atoms with Crippen LogP contribution in [0.4, 0.5) is 0 Å². The molecule has 2 rings (SSSR count). The van der Waals surface area contributed by atoms with E-state index in [-0.39, 0.29) is 6.04 Å². The number of ether oxygens (including phenoxy) is 1. The Balaban J connectivity index is 2.22. The Kier molecular flexibility index (Phi) is 4.27. The molecular formula is C14H18BrN3O. The monoisotopic (exact) mass is 323 g/mol. The predicted octanol–water partition coefficient (Wildman–Crippen LogP) is 2.74. The minimum absolute atomic E-state index is 0.0822. The zero-order valence-electron chi connectivity index (χ0n) is 11.4. The zero-order chi connectivity index (χ0) is 14.0. The Labute approximate surface area is 121 Å². The molecule has 1 aromatic heterocycles. The van der Waals surface area contributed by atoms with Gasteiger partial charge in [-0.25, -0.2) is 0 Å². The summed E-state index contributed by atoms with van der Waals surface area (Å²) in [4.78, 5) is 0. The van der Waals surface area contributed by atoms with Gasteiger partial charge in [0.1, 0.15) is 5.75 Å². The average Bonchev–Trinajstić information content (AvgIpc) is 2.65. The van der Waals surface area contributed by atoms with Crippen molar-refractivity contribution in [2.24, 2.45) is 12.8 Å². The fraction of sp³-hybridized carbons (Fsp3) is 0.357. The lowest BCUT2D eigenvalue weighted by molar-refractivity contribution is 0.413. The summed E-state index contributed by atoms with van der Waals surface area (Å²) in [7, 11) is 3.59. The molecule has 0 fully saturated rings. The second-order valence-corrected chi connectivity index (χ2v) is 5.35. The van der Waals surface area contributed by atoms with Crippen LogP contribution >= 0.6 is 15.9 Å². The van der Waals surface area contributed by atoms with E-state index in [9.17, 15) is 0 Å². The number of hydrogen-bond acceptors (Lipinski definition) is 3. The number of nitrogens with two attached hydrogens (primary N) is 1. The molecule has 0 aliphatic heterocycles. The molecule has 102 valence electrons. The Morgan fingerprint density at radius 2 is 2.21 bits per heavy atom. The van der Waals surface area contributed by atoms with Crippen molar-refractivity contribution in [2.45, 2.75) is 19.4 Å². The molecule has 0 saturated carbocycles. The standard InChI is InChI=1S/C14H18BrN3O/c1-9-14(15)13(18(2)17-9)8-12(16)10-5-4-6-11(7-10)19-3/h4-7,12H,8,16H2,1-3H3. The molecule has 1 unspecified atom stereocenters. The fourth-order valence-corrected chi connectivity index (χ4v) is 2.60. The van der Waals surface area contributed by atoms with Crippen molar-refractivity contribution in [3.05, 3.63) is 45.7 Å². The summed E-state index contributed by atoms with van der Waals surface area (Å²) in [5.41, 5.74) is 9.43. The molecule has 0 spiro atoms. The first-order valence-electron chi connectivity index (χ1n) is 6.10. The Morgan fingerprint density at radius 3 is 2.79 bits per heavy atom. The number of rotatable bonds is 4. The van der Waals surface area contributed by atoms with Gasteiger partial charge in [0.25, 0.3) is 0 Å². The summed E-state index contributed by atoms with van der Waals surface area (Å²) in [6.07, 6.45) is 0.727. The number of halogens is 1. The molecule has 0 radical (unpaired) electrons. The van der Waals surface area contributed by atoms with Gasteiger partial charge < -0.3 is 10.5 Å². The summed E-state index contributed by atoms with van der Waals surface area (Å²) in [6.45, 7) is 1.98. The van der Waals surface area contributed by atoms with E-state index in [0.717, 1.165) is 33.6 Å². The smallest absolute Gasteiger partial charge is 0.119 e. The highest BCUT2D eigenvalue weighted by Gasteiger charge is 2.15. The van der Waals surface area contributed by atoms with Crippen molar-refractivity contribution in [2.75, 3.05) is 7.11 Å². The first-order chi connectivity index (χ1) is 9.02. The average molecular weight is 324 g/mol. The third-order valence-electron chi connectivity index (χ3n) is 3.20. The van der Waals surface area contributed by atoms with Crippen molar-refractivity contribution >= 4 is 15.9 Å². The van der Waals surface area contributed by atoms with Crippen LogP contribution in [0.25, 0.3) is 0 Å². The van der Waals surface area contributed by atoms with E-state index in [2.05, 4.69) is 21.0 Å². The van der Waals surface area contributed by atoms with Gasteiger partial charge >= 0.3 is 0 Å². The molecule has 19 heavy (non-hydrogen) atoms. The van der Waals surface area contributed by atoms with E-state index < -0.39 is 0 Å². The molecule has 1 aromatic carbocycles. The molecule has 1 heterocycles. The Morgan fingerprint density at radius 1 is 1.47 bits per heavy atom. The molecule has 5 heteroatoms. The summed E-state index contributed by atoms with van der Waals surface area (Å²) in [5, 5.41) is 4.38. The van der Waals surface area contributed by atoms with Crippen molar-refractivity contribution in [1.82, 2.24) is 9.78 Å². The lowest BCUT2D eigenvalue weighted by Crippen LogP contribution is -2.15. The zero-order valence-corrected chi connectivity index (χ0v) is 12.9. The number of aromatic nitrogens is 2. The maximum Gasteiger partial charge on any atom is 0.119 e. The van der Waals surface area contributed by atoms with Gasteiger partial charge in [-0.05, 0) is 40.5 Å². The van der Waals surface area contributed by atoms with Crippen molar-refractivity contribution in [3.63, 3.8) is 0 Å². The highest BCUT2D eigenvalue weighted by atomic mass is 79.9. The first kappa shape index (κ1) is 14.1. The highest BCUT2D eigenvalue weighted by Crippen LogP contribution is 2.26. The summed E-state index contributed by atoms with van der Waals surface area (Å²) in [6, 6.07) is 7.78. The van der Waals surface area contributed by atoms with Crippen LogP contribution in [0, 0.1) is 6.92 Å². The SMILES string of the molecule is COc1cccc(C(N)Cc2c(Br)c(C)nn2C)c1. The Hall–Kier alpha value is -1.33. The van der Waals surface area contributed by atoms with Gasteiger partial charge in [-0.3, -0.25) is 4.68 Å². The van der Waals surface area contributed by atoms with Crippen molar-refractivity contribution in [1.29, 1.82) is 0 Å². The van der Waals surface area contributed by atoms with Crippen LogP contribution in [0.3, 0.4) is 0 Å². The van der Waals surface area contributed by atoms with Gasteiger partial charge in [-0.1, -0.05) is 12.1 Å². The van der Waals surface area contributed by atoms with Gasteiger partial charge in [-0.2, -0.15) is 5.10 Å². The maximum atomic E-state index is 6.28. The number of benzene rings is 1. The minimum Gasteiger partial charge on any atom is -0.497 e. The molecule has 0 amide bonds. The van der Waals surface area contributed by atoms with Gasteiger partial charge in [0, 0.05) is 19.5 Å². The van der Waals surface area contributed by atoms with Crippen LogP contribution in [-0.4, -0.2) is 16.9 Å². The normalized spacial score (nSPS) is 12.5. The lowest BCUT2D eigenvalue weighted by atomic mass is 10.0. The van der Waals surface area contributed by atoms with Crippen LogP contribution in [0.5, 0.6) is 5.75 Å². The minimum atomic E-state index is -0.0822. The van der Waals surface area contributed by atoms with E-state index >= 15 is 0 Å². The van der Waals surface area contributed by atoms with Crippen molar-refractivity contribution < 1.29 is 4.74 Å². The summed E-state index contributed by atoms with van der Waals surface area (Å²) < 4.78 is 8.13. The molecule has 0 saturated heterocycles. The second kappa shape index (κ2) is 5.75. The molecule has 4 nitrogen and oxygen atoms in total. The quantitative estimate of drug-likeness (QED) is 0.941. The van der Waals surface area contributed by atoms with Crippen LogP contribution in [0.2, 0.25) is 0 Å². The van der Waals surface area contributed by atoms with Gasteiger partial charge in [0.15, 0.2) is 0 Å². The summed E-state index contributed by atoms with van der Waals surface area (Å²) >= 11 is 3.57. The predicted molar refractivity (Wildman–Crippen MR) is 79.3 cm³/mol. The second-order valence-electron chi connectivity index (χ2n) is 4.56. The largest absolute Gasteiger partial charge is 0.497 e. The first-order valence-corrected chi connectivity index (χ1v) is 6.89. The number of methoxy groups -OCH3 is 1. The van der Waals surface area contributed by atoms with E-state index in [0.29, 0.717) is 0 Å². The van der Waals surface area contributed by atoms with Crippen LogP contribution in [0.15, 0.2) is 28.7 Å². The fourth-order valence-electron chi connectivity index (χ4n) is 2.10. The van der Waals surface area contributed by atoms with Gasteiger partial charge in [0.05, 0.1) is 23.0 Å². The molecule has 2 aromatic rings. The molecule has 0 aliphatic carbocycles. The molecule has 1 atom stereocenters. The third-order valence-corrected chi connectivity index (χ3v) is 4.23. The third kappa shape index (κ3) is 2.98. The number of nitrogens with zero attached hydrogens (tertiary/aromatic N) is 2. The van der Waals surface area contributed by atoms with Crippen LogP contribution < -0.4 is 10.5 Å². The number of hydrogen-bond donors (Lipinski definition) is 1. The van der Waals surface area contributed by atoms with E-state index in [1.54, 1.807) is 7.11 Å². The van der Waals surface area contributed by atoms with Gasteiger partial charge in [-0.15, -0.1) is 0 Å². The molecular weight excluding hydrogens is 306 g/mol. The Bertz CT molecular complexity index is 580. The van der Waals surface area contributed by atoms with Crippen molar-refractivity contribution in [3.8, 4) is 5.75 Å². The molecule has 0 bridgehead atoms. The number of aryl methyl sites for hydroxylation is 2. The topological polar surface area (TPSA) is 53.1 Å². The lowest BCUT2D eigenvalue weighted by Gasteiger charge is -2.13. The highest BCUT2D eigenvalue weighted by molar-refractivity contribution is 9.10. The van der Waals surface area contributed by atoms with E-state index in [4.69, 9.17) is 10.5 Å². The molecule has 2 N–H and O–H groups in total.